The fraction of sp³-hybridized carbons (Fsp3) is 0. The van der Waals surface area contributed by atoms with Crippen LogP contribution in [0.4, 0.5) is 20.2 Å². The van der Waals surface area contributed by atoms with E-state index in [1.807, 2.05) is 6.07 Å². The third-order valence-electron chi connectivity index (χ3n) is 2.16. The first-order valence-electron chi connectivity index (χ1n) is 4.88. The Morgan fingerprint density at radius 2 is 2.00 bits per heavy atom. The number of nitriles is 1. The van der Waals surface area contributed by atoms with E-state index in [9.17, 15) is 8.78 Å². The maximum atomic E-state index is 13.5. The highest BCUT2D eigenvalue weighted by atomic mass is 79.9. The summed E-state index contributed by atoms with van der Waals surface area (Å²) in [7, 11) is 0. The van der Waals surface area contributed by atoms with Crippen LogP contribution in [0.25, 0.3) is 0 Å². The number of aromatic nitrogens is 1. The Kier molecular flexibility index (Phi) is 3.53. The first kappa shape index (κ1) is 12.5. The first-order chi connectivity index (χ1) is 8.60. The maximum Gasteiger partial charge on any atom is 0.149 e. The van der Waals surface area contributed by atoms with Gasteiger partial charge in [0, 0.05) is 18.0 Å². The molecular weight excluding hydrogens is 304 g/mol. The molecule has 1 heterocycles. The van der Waals surface area contributed by atoms with Gasteiger partial charge in [-0.1, -0.05) is 0 Å². The van der Waals surface area contributed by atoms with Crippen LogP contribution in [0, 0.1) is 23.0 Å². The van der Waals surface area contributed by atoms with E-state index in [0.29, 0.717) is 5.69 Å². The third kappa shape index (κ3) is 2.63. The van der Waals surface area contributed by atoms with Crippen LogP contribution in [0.5, 0.6) is 0 Å². The van der Waals surface area contributed by atoms with Gasteiger partial charge in [-0.3, -0.25) is 0 Å². The molecule has 0 spiro atoms. The zero-order chi connectivity index (χ0) is 13.1. The normalized spacial score (nSPS) is 9.89. The minimum Gasteiger partial charge on any atom is -0.353 e. The van der Waals surface area contributed by atoms with E-state index in [2.05, 4.69) is 26.2 Å². The molecule has 0 bridgehead atoms. The molecule has 90 valence electrons. The highest BCUT2D eigenvalue weighted by Crippen LogP contribution is 2.26. The summed E-state index contributed by atoms with van der Waals surface area (Å²) in [6.45, 7) is 0. The predicted octanol–water partition coefficient (Wildman–Crippen LogP) is 3.74. The highest BCUT2D eigenvalue weighted by molar-refractivity contribution is 9.10. The molecule has 0 fully saturated rings. The molecule has 2 rings (SSSR count). The highest BCUT2D eigenvalue weighted by Gasteiger charge is 2.08. The number of nitrogens with one attached hydrogen (secondary N) is 1. The summed E-state index contributed by atoms with van der Waals surface area (Å²) >= 11 is 2.98. The van der Waals surface area contributed by atoms with Crippen molar-refractivity contribution < 1.29 is 8.78 Å². The maximum absolute atomic E-state index is 13.5. The standard InChI is InChI=1S/C12H6BrF2N3/c13-9-4-12(11(15)5-10(9)14)18-7-1-2-17-8(3-7)6-16/h1-5H,(H,17,18). The van der Waals surface area contributed by atoms with Crippen molar-refractivity contribution in [2.45, 2.75) is 0 Å². The quantitative estimate of drug-likeness (QED) is 0.860. The van der Waals surface area contributed by atoms with Crippen molar-refractivity contribution in [2.75, 3.05) is 5.32 Å². The van der Waals surface area contributed by atoms with E-state index in [1.54, 1.807) is 6.07 Å². The Hall–Kier alpha value is -2.00. The van der Waals surface area contributed by atoms with Crippen LogP contribution < -0.4 is 5.32 Å². The molecule has 0 aliphatic heterocycles. The second kappa shape index (κ2) is 5.10. The largest absolute Gasteiger partial charge is 0.353 e. The van der Waals surface area contributed by atoms with Crippen molar-refractivity contribution in [3.05, 3.63) is 52.3 Å². The number of hydrogen-bond acceptors (Lipinski definition) is 3. The molecule has 1 aromatic carbocycles. The Labute approximate surface area is 110 Å². The van der Waals surface area contributed by atoms with E-state index in [0.717, 1.165) is 6.07 Å². The van der Waals surface area contributed by atoms with E-state index >= 15 is 0 Å². The molecule has 6 heteroatoms. The van der Waals surface area contributed by atoms with Crippen molar-refractivity contribution in [1.82, 2.24) is 4.98 Å². The lowest BCUT2D eigenvalue weighted by Crippen LogP contribution is -1.96. The average molecular weight is 310 g/mol. The van der Waals surface area contributed by atoms with Gasteiger partial charge in [0.2, 0.25) is 0 Å². The third-order valence-corrected chi connectivity index (χ3v) is 2.77. The topological polar surface area (TPSA) is 48.7 Å². The molecular formula is C12H6BrF2N3. The molecule has 0 aliphatic rings. The summed E-state index contributed by atoms with van der Waals surface area (Å²) < 4.78 is 26.7. The molecule has 1 N–H and O–H groups in total. The lowest BCUT2D eigenvalue weighted by atomic mass is 10.2. The number of halogens is 3. The van der Waals surface area contributed by atoms with Gasteiger partial charge in [-0.05, 0) is 34.1 Å². The van der Waals surface area contributed by atoms with E-state index in [-0.39, 0.29) is 15.9 Å². The molecule has 2 aromatic rings. The van der Waals surface area contributed by atoms with Crippen LogP contribution in [0.1, 0.15) is 5.69 Å². The monoisotopic (exact) mass is 309 g/mol. The lowest BCUT2D eigenvalue weighted by molar-refractivity contribution is 0.581. The molecule has 0 atom stereocenters. The average Bonchev–Trinajstić information content (AvgIpc) is 2.36. The smallest absolute Gasteiger partial charge is 0.149 e. The lowest BCUT2D eigenvalue weighted by Gasteiger charge is -2.08. The van der Waals surface area contributed by atoms with Crippen LogP contribution in [-0.4, -0.2) is 4.98 Å². The molecule has 18 heavy (non-hydrogen) atoms. The number of hydrogen-bond donors (Lipinski definition) is 1. The second-order valence-corrected chi connectivity index (χ2v) is 4.27. The van der Waals surface area contributed by atoms with Crippen molar-refractivity contribution in [2.24, 2.45) is 0 Å². The van der Waals surface area contributed by atoms with Crippen LogP contribution in [0.2, 0.25) is 0 Å². The van der Waals surface area contributed by atoms with Crippen LogP contribution in [-0.2, 0) is 0 Å². The fourth-order valence-corrected chi connectivity index (χ4v) is 1.69. The minimum absolute atomic E-state index is 0.110. The number of rotatable bonds is 2. The second-order valence-electron chi connectivity index (χ2n) is 3.41. The number of pyridine rings is 1. The first-order valence-corrected chi connectivity index (χ1v) is 5.67. The molecule has 3 nitrogen and oxygen atoms in total. The van der Waals surface area contributed by atoms with Crippen LogP contribution in [0.15, 0.2) is 34.9 Å². The summed E-state index contributed by atoms with van der Waals surface area (Å²) in [6, 6.07) is 6.99. The molecule has 0 unspecified atom stereocenters. The van der Waals surface area contributed by atoms with Crippen LogP contribution in [0.3, 0.4) is 0 Å². The van der Waals surface area contributed by atoms with Gasteiger partial charge < -0.3 is 5.32 Å². The zero-order valence-electron chi connectivity index (χ0n) is 8.92. The van der Waals surface area contributed by atoms with Gasteiger partial charge in [-0.25, -0.2) is 13.8 Å². The summed E-state index contributed by atoms with van der Waals surface area (Å²) in [5, 5.41) is 11.4. The minimum atomic E-state index is -0.717. The number of benzene rings is 1. The summed E-state index contributed by atoms with van der Waals surface area (Å²) in [5.41, 5.74) is 0.818. The van der Waals surface area contributed by atoms with Gasteiger partial charge in [0.05, 0.1) is 10.2 Å². The van der Waals surface area contributed by atoms with Crippen molar-refractivity contribution in [3.8, 4) is 6.07 Å². The van der Waals surface area contributed by atoms with Gasteiger partial charge in [0.15, 0.2) is 0 Å². The molecule has 0 saturated carbocycles. The Balaban J connectivity index is 2.34. The van der Waals surface area contributed by atoms with Gasteiger partial charge in [-0.2, -0.15) is 5.26 Å². The Morgan fingerprint density at radius 1 is 1.22 bits per heavy atom. The van der Waals surface area contributed by atoms with E-state index < -0.39 is 11.6 Å². The van der Waals surface area contributed by atoms with Gasteiger partial charge in [0.25, 0.3) is 0 Å². The summed E-state index contributed by atoms with van der Waals surface area (Å²) in [5.74, 6) is -1.39. The Morgan fingerprint density at radius 3 is 2.72 bits per heavy atom. The predicted molar refractivity (Wildman–Crippen MR) is 66.3 cm³/mol. The van der Waals surface area contributed by atoms with Crippen molar-refractivity contribution in [1.29, 1.82) is 5.26 Å². The van der Waals surface area contributed by atoms with Gasteiger partial charge in [0.1, 0.15) is 23.4 Å². The Bertz CT molecular complexity index is 638. The molecule has 1 aromatic heterocycles. The van der Waals surface area contributed by atoms with Gasteiger partial charge in [-0.15, -0.1) is 0 Å². The molecule has 0 saturated heterocycles. The van der Waals surface area contributed by atoms with Gasteiger partial charge >= 0.3 is 0 Å². The molecule has 0 radical (unpaired) electrons. The van der Waals surface area contributed by atoms with Crippen molar-refractivity contribution >= 4 is 27.3 Å². The zero-order valence-corrected chi connectivity index (χ0v) is 10.5. The number of anilines is 2. The fourth-order valence-electron chi connectivity index (χ4n) is 1.34. The van der Waals surface area contributed by atoms with E-state index in [4.69, 9.17) is 5.26 Å². The molecule has 0 aliphatic carbocycles. The summed E-state index contributed by atoms with van der Waals surface area (Å²) in [4.78, 5) is 3.79. The van der Waals surface area contributed by atoms with Crippen molar-refractivity contribution in [3.63, 3.8) is 0 Å². The summed E-state index contributed by atoms with van der Waals surface area (Å²) in [6.07, 6.45) is 1.43. The number of nitrogens with zero attached hydrogens (tertiary/aromatic N) is 2. The van der Waals surface area contributed by atoms with E-state index in [1.165, 1.54) is 18.3 Å². The SMILES string of the molecule is N#Cc1cc(Nc2cc(Br)c(F)cc2F)ccn1. The molecule has 0 amide bonds. The van der Waals surface area contributed by atoms with Crippen LogP contribution >= 0.6 is 15.9 Å².